The Hall–Kier alpha value is -0.530. The molecule has 2 saturated heterocycles. The first-order valence-corrected chi connectivity index (χ1v) is 6.11. The zero-order chi connectivity index (χ0) is 10.4. The molecule has 0 saturated carbocycles. The van der Waals surface area contributed by atoms with Crippen molar-refractivity contribution in [3.8, 4) is 0 Å². The molecule has 0 aliphatic carbocycles. The molecular weight excluding hydrogens is 207 g/mol. The second kappa shape index (κ2) is 3.50. The topological polar surface area (TPSA) is 3.24 Å². The second-order valence-corrected chi connectivity index (χ2v) is 5.29. The van der Waals surface area contributed by atoms with Crippen molar-refractivity contribution in [3.63, 3.8) is 0 Å². The number of hydrogen-bond donors (Lipinski definition) is 0. The summed E-state index contributed by atoms with van der Waals surface area (Å²) >= 11 is 5.92. The van der Waals surface area contributed by atoms with Gasteiger partial charge in [0.2, 0.25) is 0 Å². The largest absolute Gasteiger partial charge is 0.300 e. The lowest BCUT2D eigenvalue weighted by atomic mass is 9.84. The average molecular weight is 223 g/mol. The second-order valence-electron chi connectivity index (χ2n) is 4.86. The Morgan fingerprint density at radius 1 is 1.20 bits per heavy atom. The summed E-state index contributed by atoms with van der Waals surface area (Å²) in [4.78, 5) is 2.57. The van der Waals surface area contributed by atoms with Gasteiger partial charge in [-0.15, -0.1) is 0 Å². The highest BCUT2D eigenvalue weighted by molar-refractivity contribution is 6.30. The first-order chi connectivity index (χ1) is 7.25. The van der Waals surface area contributed by atoms with E-state index in [-0.39, 0.29) is 0 Å². The van der Waals surface area contributed by atoms with Gasteiger partial charge in [-0.05, 0) is 44.0 Å². The lowest BCUT2D eigenvalue weighted by molar-refractivity contribution is 0.307. The van der Waals surface area contributed by atoms with Gasteiger partial charge in [0.05, 0.1) is 0 Å². The van der Waals surface area contributed by atoms with Crippen LogP contribution in [0.25, 0.3) is 0 Å². The number of likely N-dealkylation sites (N-methyl/N-ethyl adjacent to an activating group) is 1. The highest BCUT2D eigenvalue weighted by atomic mass is 35.5. The Labute approximate surface area is 96.0 Å². The van der Waals surface area contributed by atoms with E-state index < -0.39 is 0 Å². The van der Waals surface area contributed by atoms with E-state index in [0.717, 1.165) is 23.0 Å². The third-order valence-electron chi connectivity index (χ3n) is 4.18. The van der Waals surface area contributed by atoms with Crippen LogP contribution in [0.5, 0.6) is 0 Å². The number of fused-ring (bicyclic) bond motifs is 2. The van der Waals surface area contributed by atoms with Crippen LogP contribution in [0.3, 0.4) is 0 Å². The molecule has 2 bridgehead atoms. The maximum atomic E-state index is 5.92. The van der Waals surface area contributed by atoms with Gasteiger partial charge in [-0.3, -0.25) is 4.90 Å². The molecule has 3 rings (SSSR count). The van der Waals surface area contributed by atoms with E-state index in [0.29, 0.717) is 0 Å². The van der Waals surface area contributed by atoms with Crippen molar-refractivity contribution >= 4 is 11.6 Å². The summed E-state index contributed by atoms with van der Waals surface area (Å²) in [7, 11) is 2.28. The Kier molecular flexibility index (Phi) is 2.26. The molecule has 0 spiro atoms. The SMILES string of the molecule is [13CH3]N1[C@H]2CC[C@@H]1[C@@H](c1ccc(Cl)cc1)C2. The molecule has 1 aromatic carbocycles. The molecule has 2 aliphatic heterocycles. The van der Waals surface area contributed by atoms with Crippen molar-refractivity contribution in [1.82, 2.24) is 4.90 Å². The van der Waals surface area contributed by atoms with Crippen molar-refractivity contribution < 1.29 is 0 Å². The van der Waals surface area contributed by atoms with Crippen LogP contribution in [-0.4, -0.2) is 24.0 Å². The van der Waals surface area contributed by atoms with Gasteiger partial charge in [-0.2, -0.15) is 0 Å². The van der Waals surface area contributed by atoms with Crippen LogP contribution in [0.1, 0.15) is 30.7 Å². The first kappa shape index (κ1) is 9.68. The van der Waals surface area contributed by atoms with E-state index in [1.165, 1.54) is 24.8 Å². The minimum absolute atomic E-state index is 0.742. The van der Waals surface area contributed by atoms with E-state index >= 15 is 0 Å². The monoisotopic (exact) mass is 222 g/mol. The van der Waals surface area contributed by atoms with Crippen molar-refractivity contribution in [1.29, 1.82) is 0 Å². The molecule has 0 amide bonds. The molecule has 0 radical (unpaired) electrons. The zero-order valence-electron chi connectivity index (χ0n) is 8.99. The van der Waals surface area contributed by atoms with E-state index in [9.17, 15) is 0 Å². The van der Waals surface area contributed by atoms with Gasteiger partial charge in [0, 0.05) is 23.0 Å². The van der Waals surface area contributed by atoms with E-state index in [4.69, 9.17) is 11.6 Å². The lowest BCUT2D eigenvalue weighted by Crippen LogP contribution is -2.25. The molecule has 2 heterocycles. The number of rotatable bonds is 1. The molecule has 0 aromatic heterocycles. The Morgan fingerprint density at radius 3 is 2.47 bits per heavy atom. The first-order valence-electron chi connectivity index (χ1n) is 5.73. The van der Waals surface area contributed by atoms with Gasteiger partial charge in [0.25, 0.3) is 0 Å². The number of benzene rings is 1. The van der Waals surface area contributed by atoms with E-state index in [1.54, 1.807) is 0 Å². The summed E-state index contributed by atoms with van der Waals surface area (Å²) in [6.07, 6.45) is 4.10. The van der Waals surface area contributed by atoms with Gasteiger partial charge in [0.1, 0.15) is 0 Å². The lowest BCUT2D eigenvalue weighted by Gasteiger charge is -2.21. The molecule has 2 fully saturated rings. The maximum absolute atomic E-state index is 5.92. The van der Waals surface area contributed by atoms with Crippen LogP contribution in [0.15, 0.2) is 24.3 Å². The number of hydrogen-bond acceptors (Lipinski definition) is 1. The van der Waals surface area contributed by atoms with Gasteiger partial charge in [-0.1, -0.05) is 23.7 Å². The van der Waals surface area contributed by atoms with E-state index in [1.807, 2.05) is 12.1 Å². The Balaban J connectivity index is 1.87. The van der Waals surface area contributed by atoms with Crippen molar-refractivity contribution in [2.45, 2.75) is 37.3 Å². The van der Waals surface area contributed by atoms with Crippen LogP contribution in [0.2, 0.25) is 5.02 Å². The molecule has 1 aromatic rings. The smallest absolute Gasteiger partial charge is 0.0406 e. The predicted molar refractivity (Wildman–Crippen MR) is 63.4 cm³/mol. The standard InChI is InChI=1S/C13H16ClN/c1-15-11-6-7-13(15)12(8-11)9-2-4-10(14)5-3-9/h2-5,11-13H,6-8H2,1H3/t11-,12+,13+/m0/s1/i1+1. The average Bonchev–Trinajstić information content (AvgIpc) is 2.75. The molecular formula is C13H16ClN. The fraction of sp³-hybridized carbons (Fsp3) is 0.538. The normalized spacial score (nSPS) is 34.9. The van der Waals surface area contributed by atoms with Crippen LogP contribution >= 0.6 is 11.6 Å². The highest BCUT2D eigenvalue weighted by Crippen LogP contribution is 2.45. The molecule has 80 valence electrons. The zero-order valence-corrected chi connectivity index (χ0v) is 9.74. The van der Waals surface area contributed by atoms with Crippen LogP contribution in [0.4, 0.5) is 0 Å². The van der Waals surface area contributed by atoms with Crippen molar-refractivity contribution in [2.24, 2.45) is 0 Å². The summed E-state index contributed by atoms with van der Waals surface area (Å²) in [6, 6.07) is 10.0. The summed E-state index contributed by atoms with van der Waals surface area (Å²) in [5, 5.41) is 0.843. The summed E-state index contributed by atoms with van der Waals surface area (Å²) in [5.41, 5.74) is 1.47. The van der Waals surface area contributed by atoms with Gasteiger partial charge < -0.3 is 0 Å². The molecule has 3 atom stereocenters. The summed E-state index contributed by atoms with van der Waals surface area (Å²) in [5.74, 6) is 0.742. The van der Waals surface area contributed by atoms with Crippen LogP contribution in [0, 0.1) is 0 Å². The van der Waals surface area contributed by atoms with Gasteiger partial charge >= 0.3 is 0 Å². The van der Waals surface area contributed by atoms with Crippen LogP contribution < -0.4 is 0 Å². The quantitative estimate of drug-likeness (QED) is 0.660. The summed E-state index contributed by atoms with van der Waals surface area (Å²) < 4.78 is 0. The van der Waals surface area contributed by atoms with E-state index in [2.05, 4.69) is 24.1 Å². The van der Waals surface area contributed by atoms with Crippen molar-refractivity contribution in [3.05, 3.63) is 34.9 Å². The minimum Gasteiger partial charge on any atom is -0.300 e. The molecule has 2 heteroatoms. The minimum atomic E-state index is 0.742. The summed E-state index contributed by atoms with van der Waals surface area (Å²) in [6.45, 7) is 0. The third kappa shape index (κ3) is 1.49. The predicted octanol–water partition coefficient (Wildman–Crippen LogP) is 3.29. The fourth-order valence-electron chi connectivity index (χ4n) is 3.33. The third-order valence-corrected chi connectivity index (χ3v) is 4.44. The van der Waals surface area contributed by atoms with Crippen molar-refractivity contribution in [2.75, 3.05) is 7.05 Å². The number of halogens is 1. The maximum Gasteiger partial charge on any atom is 0.0406 e. The number of nitrogens with zero attached hydrogens (tertiary/aromatic N) is 1. The van der Waals surface area contributed by atoms with Gasteiger partial charge in [0.15, 0.2) is 0 Å². The Morgan fingerprint density at radius 2 is 1.93 bits per heavy atom. The Bertz CT molecular complexity index is 359. The fourth-order valence-corrected chi connectivity index (χ4v) is 3.45. The van der Waals surface area contributed by atoms with Gasteiger partial charge in [-0.25, -0.2) is 0 Å². The molecule has 0 N–H and O–H groups in total. The highest BCUT2D eigenvalue weighted by Gasteiger charge is 2.44. The van der Waals surface area contributed by atoms with Crippen LogP contribution in [-0.2, 0) is 0 Å². The molecule has 1 nitrogen and oxygen atoms in total. The molecule has 2 aliphatic rings. The molecule has 15 heavy (non-hydrogen) atoms. The molecule has 0 unspecified atom stereocenters.